The van der Waals surface area contributed by atoms with E-state index in [1.807, 2.05) is 18.2 Å². The van der Waals surface area contributed by atoms with Crippen molar-refractivity contribution in [3.63, 3.8) is 0 Å². The van der Waals surface area contributed by atoms with E-state index in [2.05, 4.69) is 40.5 Å². The molecule has 0 aliphatic rings. The first-order valence-electron chi connectivity index (χ1n) is 5.42. The van der Waals surface area contributed by atoms with Gasteiger partial charge < -0.3 is 0 Å². The molecule has 1 nitrogen and oxygen atoms in total. The van der Waals surface area contributed by atoms with Crippen LogP contribution in [0.15, 0.2) is 38.0 Å². The van der Waals surface area contributed by atoms with E-state index in [9.17, 15) is 0 Å². The average molecular weight is 315 g/mol. The molecular formula is C13H24OSn. The minimum atomic E-state index is -2.59. The Morgan fingerprint density at radius 1 is 0.933 bits per heavy atom. The summed E-state index contributed by atoms with van der Waals surface area (Å²) in [6, 6.07) is 0. The van der Waals surface area contributed by atoms with E-state index in [1.165, 1.54) is 0 Å². The van der Waals surface area contributed by atoms with Crippen molar-refractivity contribution in [3.8, 4) is 0 Å². The average Bonchev–Trinajstić information content (AvgIpc) is 2.01. The van der Waals surface area contributed by atoms with Crippen LogP contribution in [0.4, 0.5) is 0 Å². The summed E-state index contributed by atoms with van der Waals surface area (Å²) in [4.78, 5) is 0. The van der Waals surface area contributed by atoms with Gasteiger partial charge in [0.15, 0.2) is 0 Å². The van der Waals surface area contributed by atoms with Gasteiger partial charge in [-0.05, 0) is 0 Å². The van der Waals surface area contributed by atoms with Crippen LogP contribution in [-0.2, 0) is 3.07 Å². The number of allylic oxidation sites excluding steroid dienone is 3. The predicted molar refractivity (Wildman–Crippen MR) is 71.6 cm³/mol. The van der Waals surface area contributed by atoms with Gasteiger partial charge in [0.1, 0.15) is 0 Å². The first-order valence-corrected chi connectivity index (χ1v) is 12.6. The van der Waals surface area contributed by atoms with Crippen molar-refractivity contribution < 1.29 is 3.07 Å². The van der Waals surface area contributed by atoms with Crippen molar-refractivity contribution in [1.82, 2.24) is 0 Å². The SMILES string of the molecule is C=C[CH2][Sn]([CH2]C=C)([CH2]C=C)[O]C(C)(C)C. The van der Waals surface area contributed by atoms with Crippen LogP contribution in [0.5, 0.6) is 0 Å². The zero-order valence-corrected chi connectivity index (χ0v) is 13.2. The van der Waals surface area contributed by atoms with Crippen molar-refractivity contribution in [2.24, 2.45) is 0 Å². The summed E-state index contributed by atoms with van der Waals surface area (Å²) in [5.74, 6) is 0. The van der Waals surface area contributed by atoms with Gasteiger partial charge in [-0.25, -0.2) is 0 Å². The predicted octanol–water partition coefficient (Wildman–Crippen LogP) is 4.31. The third kappa shape index (κ3) is 6.21. The van der Waals surface area contributed by atoms with E-state index in [0.717, 1.165) is 13.3 Å². The molecule has 2 heteroatoms. The van der Waals surface area contributed by atoms with E-state index in [1.54, 1.807) is 0 Å². The second kappa shape index (κ2) is 6.54. The van der Waals surface area contributed by atoms with Gasteiger partial charge in [-0.15, -0.1) is 0 Å². The van der Waals surface area contributed by atoms with Crippen LogP contribution in [0.1, 0.15) is 20.8 Å². The van der Waals surface area contributed by atoms with Gasteiger partial charge in [-0.2, -0.15) is 0 Å². The van der Waals surface area contributed by atoms with E-state index < -0.39 is 18.8 Å². The Balaban J connectivity index is 4.82. The summed E-state index contributed by atoms with van der Waals surface area (Å²) >= 11 is -2.59. The molecule has 0 fully saturated rings. The molecule has 0 rings (SSSR count). The molecule has 0 aromatic heterocycles. The molecule has 0 bridgehead atoms. The van der Waals surface area contributed by atoms with Crippen molar-refractivity contribution in [3.05, 3.63) is 38.0 Å². The first kappa shape index (κ1) is 15.0. The molecule has 0 aliphatic heterocycles. The van der Waals surface area contributed by atoms with Crippen LogP contribution < -0.4 is 0 Å². The summed E-state index contributed by atoms with van der Waals surface area (Å²) < 4.78 is 9.44. The molecule has 0 N–H and O–H groups in total. The summed E-state index contributed by atoms with van der Waals surface area (Å²) in [6.45, 7) is 17.9. The Morgan fingerprint density at radius 2 is 1.27 bits per heavy atom. The zero-order chi connectivity index (χ0) is 11.9. The summed E-state index contributed by atoms with van der Waals surface area (Å²) in [5, 5.41) is 0. The quantitative estimate of drug-likeness (QED) is 0.503. The third-order valence-corrected chi connectivity index (χ3v) is 13.9. The molecule has 0 saturated carbocycles. The second-order valence-electron chi connectivity index (χ2n) is 4.88. The fourth-order valence-corrected chi connectivity index (χ4v) is 12.2. The molecule has 0 unspecified atom stereocenters. The zero-order valence-electron chi connectivity index (χ0n) is 10.4. The monoisotopic (exact) mass is 316 g/mol. The Bertz CT molecular complexity index is 199. The van der Waals surface area contributed by atoms with Crippen LogP contribution in [0.3, 0.4) is 0 Å². The number of rotatable bonds is 7. The Hall–Kier alpha value is -0.0213. The van der Waals surface area contributed by atoms with Gasteiger partial charge in [-0.1, -0.05) is 0 Å². The van der Waals surface area contributed by atoms with Crippen LogP contribution in [0.25, 0.3) is 0 Å². The van der Waals surface area contributed by atoms with E-state index in [0.29, 0.717) is 0 Å². The first-order chi connectivity index (χ1) is 6.89. The molecule has 86 valence electrons. The minimum absolute atomic E-state index is 0.0644. The maximum absolute atomic E-state index is 6.34. The van der Waals surface area contributed by atoms with Gasteiger partial charge in [0.05, 0.1) is 0 Å². The molecule has 0 heterocycles. The van der Waals surface area contributed by atoms with Crippen molar-refractivity contribution >= 4 is 18.8 Å². The van der Waals surface area contributed by atoms with E-state index in [4.69, 9.17) is 3.07 Å². The number of hydrogen-bond donors (Lipinski definition) is 0. The maximum atomic E-state index is 6.34. The fraction of sp³-hybridized carbons (Fsp3) is 0.538. The molecule has 0 aliphatic carbocycles. The summed E-state index contributed by atoms with van der Waals surface area (Å²) in [7, 11) is 0. The van der Waals surface area contributed by atoms with Crippen molar-refractivity contribution in [1.29, 1.82) is 0 Å². The van der Waals surface area contributed by atoms with Crippen molar-refractivity contribution in [2.45, 2.75) is 39.7 Å². The summed E-state index contributed by atoms with van der Waals surface area (Å²) in [6.07, 6.45) is 5.98. The molecule has 0 radical (unpaired) electrons. The summed E-state index contributed by atoms with van der Waals surface area (Å²) in [5.41, 5.74) is -0.0644. The standard InChI is InChI=1S/C4H9O.3C3H5.Sn/c1-4(2,3)5;3*1-3-2;/h1-3H3;3*3H,1-2H2;/q-1;;;;+1. The Labute approximate surface area is 99.3 Å². The fourth-order valence-electron chi connectivity index (χ4n) is 1.81. The van der Waals surface area contributed by atoms with Crippen LogP contribution in [0.2, 0.25) is 13.3 Å². The Morgan fingerprint density at radius 3 is 1.47 bits per heavy atom. The molecule has 0 aromatic rings. The second-order valence-corrected chi connectivity index (χ2v) is 15.7. The van der Waals surface area contributed by atoms with Gasteiger partial charge in [0.25, 0.3) is 0 Å². The molecule has 0 spiro atoms. The number of hydrogen-bond acceptors (Lipinski definition) is 1. The molecule has 0 aromatic carbocycles. The molecule has 15 heavy (non-hydrogen) atoms. The van der Waals surface area contributed by atoms with Crippen LogP contribution in [0, 0.1) is 0 Å². The van der Waals surface area contributed by atoms with Crippen molar-refractivity contribution in [2.75, 3.05) is 0 Å². The van der Waals surface area contributed by atoms with Gasteiger partial charge in [0, 0.05) is 0 Å². The van der Waals surface area contributed by atoms with Gasteiger partial charge in [0.2, 0.25) is 0 Å². The van der Waals surface area contributed by atoms with Crippen LogP contribution in [-0.4, -0.2) is 24.4 Å². The third-order valence-electron chi connectivity index (χ3n) is 2.07. The van der Waals surface area contributed by atoms with Crippen LogP contribution >= 0.6 is 0 Å². The molecule has 0 saturated heterocycles. The normalized spacial score (nSPS) is 12.2. The molecular weight excluding hydrogens is 291 g/mol. The topological polar surface area (TPSA) is 9.23 Å². The van der Waals surface area contributed by atoms with E-state index in [-0.39, 0.29) is 5.60 Å². The molecule has 0 atom stereocenters. The Kier molecular flexibility index (Phi) is 6.53. The molecule has 0 amide bonds. The van der Waals surface area contributed by atoms with Gasteiger partial charge in [-0.3, -0.25) is 0 Å². The van der Waals surface area contributed by atoms with Gasteiger partial charge >= 0.3 is 99.5 Å². The van der Waals surface area contributed by atoms with E-state index >= 15 is 0 Å².